The van der Waals surface area contributed by atoms with Crippen LogP contribution in [0.3, 0.4) is 0 Å². The van der Waals surface area contributed by atoms with Crippen LogP contribution in [0.25, 0.3) is 0 Å². The van der Waals surface area contributed by atoms with Crippen LogP contribution in [0.1, 0.15) is 28.8 Å². The normalized spacial score (nSPS) is 19.1. The molecule has 0 radical (unpaired) electrons. The topological polar surface area (TPSA) is 82.7 Å². The molecule has 2 aliphatic rings. The number of carbonyl (C=O) groups excluding carboxylic acids is 2. The zero-order chi connectivity index (χ0) is 20.8. The SMILES string of the molecule is O=C(NCC1CN(Cc2ccccc2)CCO1)Nc1cccc(C(=O)NC2CC2)c1. The van der Waals surface area contributed by atoms with Crippen LogP contribution in [0.4, 0.5) is 10.5 Å². The minimum Gasteiger partial charge on any atom is -0.374 e. The van der Waals surface area contributed by atoms with E-state index in [1.165, 1.54) is 5.56 Å². The molecule has 1 saturated heterocycles. The van der Waals surface area contributed by atoms with Gasteiger partial charge in [0.2, 0.25) is 0 Å². The number of amides is 3. The summed E-state index contributed by atoms with van der Waals surface area (Å²) in [6.45, 7) is 3.61. The number of ether oxygens (including phenoxy) is 1. The lowest BCUT2D eigenvalue weighted by atomic mass is 10.2. The summed E-state index contributed by atoms with van der Waals surface area (Å²) in [5.41, 5.74) is 2.41. The first-order valence-electron chi connectivity index (χ1n) is 10.5. The third-order valence-corrected chi connectivity index (χ3v) is 5.26. The molecule has 7 heteroatoms. The molecule has 0 bridgehead atoms. The fraction of sp³-hybridized carbons (Fsp3) is 0.391. The number of anilines is 1. The molecule has 158 valence electrons. The maximum absolute atomic E-state index is 12.3. The fourth-order valence-electron chi connectivity index (χ4n) is 3.51. The quantitative estimate of drug-likeness (QED) is 0.658. The van der Waals surface area contributed by atoms with Crippen molar-refractivity contribution in [2.24, 2.45) is 0 Å². The number of nitrogens with zero attached hydrogens (tertiary/aromatic N) is 1. The van der Waals surface area contributed by atoms with Gasteiger partial charge in [-0.1, -0.05) is 36.4 Å². The van der Waals surface area contributed by atoms with Crippen molar-refractivity contribution < 1.29 is 14.3 Å². The van der Waals surface area contributed by atoms with Crippen LogP contribution in [0, 0.1) is 0 Å². The summed E-state index contributed by atoms with van der Waals surface area (Å²) in [7, 11) is 0. The molecule has 1 atom stereocenters. The predicted octanol–water partition coefficient (Wildman–Crippen LogP) is 2.60. The molecule has 0 spiro atoms. The minimum atomic E-state index is -0.307. The van der Waals surface area contributed by atoms with Gasteiger partial charge in [0.05, 0.1) is 12.7 Å². The van der Waals surface area contributed by atoms with Gasteiger partial charge in [0.1, 0.15) is 0 Å². The van der Waals surface area contributed by atoms with Gasteiger partial charge in [0.15, 0.2) is 0 Å². The molecule has 2 aromatic carbocycles. The Morgan fingerprint density at radius 3 is 2.70 bits per heavy atom. The smallest absolute Gasteiger partial charge is 0.319 e. The highest BCUT2D eigenvalue weighted by Gasteiger charge is 2.24. The minimum absolute atomic E-state index is 0.0520. The number of urea groups is 1. The molecule has 1 heterocycles. The highest BCUT2D eigenvalue weighted by molar-refractivity contribution is 5.97. The van der Waals surface area contributed by atoms with Gasteiger partial charge in [-0.2, -0.15) is 0 Å². The van der Waals surface area contributed by atoms with Gasteiger partial charge in [-0.25, -0.2) is 4.79 Å². The second kappa shape index (κ2) is 9.73. The average molecular weight is 409 g/mol. The summed E-state index contributed by atoms with van der Waals surface area (Å²) in [6.07, 6.45) is 2.03. The van der Waals surface area contributed by atoms with Crippen molar-refractivity contribution in [1.82, 2.24) is 15.5 Å². The van der Waals surface area contributed by atoms with E-state index in [-0.39, 0.29) is 18.0 Å². The Morgan fingerprint density at radius 2 is 1.90 bits per heavy atom. The number of rotatable bonds is 7. The van der Waals surface area contributed by atoms with Crippen LogP contribution in [0.5, 0.6) is 0 Å². The lowest BCUT2D eigenvalue weighted by Gasteiger charge is -2.33. The number of morpholine rings is 1. The second-order valence-electron chi connectivity index (χ2n) is 7.88. The van der Waals surface area contributed by atoms with Crippen molar-refractivity contribution in [3.05, 3.63) is 65.7 Å². The van der Waals surface area contributed by atoms with E-state index in [0.29, 0.717) is 30.4 Å². The molecular formula is C23H28N4O3. The first kappa shape index (κ1) is 20.4. The van der Waals surface area contributed by atoms with Gasteiger partial charge in [-0.05, 0) is 36.6 Å². The average Bonchev–Trinajstić information content (AvgIpc) is 3.57. The molecular weight excluding hydrogens is 380 g/mol. The molecule has 1 unspecified atom stereocenters. The van der Waals surface area contributed by atoms with Crippen LogP contribution in [-0.2, 0) is 11.3 Å². The highest BCUT2D eigenvalue weighted by Crippen LogP contribution is 2.20. The monoisotopic (exact) mass is 408 g/mol. The highest BCUT2D eigenvalue weighted by atomic mass is 16.5. The second-order valence-corrected chi connectivity index (χ2v) is 7.88. The van der Waals surface area contributed by atoms with E-state index in [2.05, 4.69) is 33.0 Å². The third kappa shape index (κ3) is 6.05. The Balaban J connectivity index is 1.23. The lowest BCUT2D eigenvalue weighted by Crippen LogP contribution is -2.47. The fourth-order valence-corrected chi connectivity index (χ4v) is 3.51. The van der Waals surface area contributed by atoms with Crippen molar-refractivity contribution in [2.75, 3.05) is 31.6 Å². The first-order valence-corrected chi connectivity index (χ1v) is 10.5. The van der Waals surface area contributed by atoms with Crippen molar-refractivity contribution >= 4 is 17.6 Å². The number of nitrogens with one attached hydrogen (secondary N) is 3. The molecule has 2 fully saturated rings. The molecule has 1 aliphatic carbocycles. The number of hydrogen-bond donors (Lipinski definition) is 3. The summed E-state index contributed by atoms with van der Waals surface area (Å²) in [4.78, 5) is 26.8. The van der Waals surface area contributed by atoms with Crippen LogP contribution >= 0.6 is 0 Å². The van der Waals surface area contributed by atoms with Crippen molar-refractivity contribution in [1.29, 1.82) is 0 Å². The van der Waals surface area contributed by atoms with Gasteiger partial charge >= 0.3 is 6.03 Å². The van der Waals surface area contributed by atoms with E-state index >= 15 is 0 Å². The number of hydrogen-bond acceptors (Lipinski definition) is 4. The van der Waals surface area contributed by atoms with E-state index in [0.717, 1.165) is 32.5 Å². The summed E-state index contributed by atoms with van der Waals surface area (Å²) in [5, 5.41) is 8.62. The van der Waals surface area contributed by atoms with E-state index in [9.17, 15) is 9.59 Å². The van der Waals surface area contributed by atoms with Crippen LogP contribution < -0.4 is 16.0 Å². The third-order valence-electron chi connectivity index (χ3n) is 5.26. The number of carbonyl (C=O) groups is 2. The standard InChI is InChI=1S/C23H28N4O3/c28-22(25-19-9-10-19)18-7-4-8-20(13-18)26-23(29)24-14-21-16-27(11-12-30-21)15-17-5-2-1-3-6-17/h1-8,13,19,21H,9-12,14-16H2,(H,25,28)(H2,24,26,29). The zero-order valence-corrected chi connectivity index (χ0v) is 17.0. The van der Waals surface area contributed by atoms with Gasteiger partial charge < -0.3 is 20.7 Å². The Labute approximate surface area is 176 Å². The largest absolute Gasteiger partial charge is 0.374 e. The van der Waals surface area contributed by atoms with E-state index in [1.54, 1.807) is 24.3 Å². The predicted molar refractivity (Wildman–Crippen MR) is 115 cm³/mol. The Hall–Kier alpha value is -2.90. The van der Waals surface area contributed by atoms with E-state index in [4.69, 9.17) is 4.74 Å². The summed E-state index contributed by atoms with van der Waals surface area (Å²) >= 11 is 0. The van der Waals surface area contributed by atoms with Gasteiger partial charge in [0, 0.05) is 43.5 Å². The van der Waals surface area contributed by atoms with Gasteiger partial charge in [0.25, 0.3) is 5.91 Å². The molecule has 7 nitrogen and oxygen atoms in total. The molecule has 3 N–H and O–H groups in total. The molecule has 1 saturated carbocycles. The van der Waals surface area contributed by atoms with Crippen molar-refractivity contribution in [3.8, 4) is 0 Å². The maximum atomic E-state index is 12.3. The lowest BCUT2D eigenvalue weighted by molar-refractivity contribution is -0.0285. The Morgan fingerprint density at radius 1 is 1.07 bits per heavy atom. The number of benzene rings is 2. The molecule has 0 aromatic heterocycles. The Kier molecular flexibility index (Phi) is 6.61. The molecule has 3 amide bonds. The first-order chi connectivity index (χ1) is 14.7. The Bertz CT molecular complexity index is 870. The van der Waals surface area contributed by atoms with Crippen LogP contribution in [-0.4, -0.2) is 55.2 Å². The molecule has 2 aromatic rings. The zero-order valence-electron chi connectivity index (χ0n) is 17.0. The van der Waals surface area contributed by atoms with Crippen LogP contribution in [0.15, 0.2) is 54.6 Å². The van der Waals surface area contributed by atoms with Gasteiger partial charge in [-0.15, -0.1) is 0 Å². The van der Waals surface area contributed by atoms with Crippen LogP contribution in [0.2, 0.25) is 0 Å². The maximum Gasteiger partial charge on any atom is 0.319 e. The van der Waals surface area contributed by atoms with Gasteiger partial charge in [-0.3, -0.25) is 9.69 Å². The molecule has 30 heavy (non-hydrogen) atoms. The molecule has 4 rings (SSSR count). The van der Waals surface area contributed by atoms with Crippen molar-refractivity contribution in [2.45, 2.75) is 31.5 Å². The summed E-state index contributed by atoms with van der Waals surface area (Å²) in [6, 6.07) is 17.3. The van der Waals surface area contributed by atoms with E-state index < -0.39 is 0 Å². The molecule has 1 aliphatic heterocycles. The van der Waals surface area contributed by atoms with Crippen molar-refractivity contribution in [3.63, 3.8) is 0 Å². The van der Waals surface area contributed by atoms with E-state index in [1.807, 2.05) is 18.2 Å². The summed E-state index contributed by atoms with van der Waals surface area (Å²) < 4.78 is 5.80. The summed E-state index contributed by atoms with van der Waals surface area (Å²) in [5.74, 6) is -0.101.